The van der Waals surface area contributed by atoms with Crippen LogP contribution in [0.2, 0.25) is 0 Å². The van der Waals surface area contributed by atoms with E-state index in [1.165, 1.54) is 24.0 Å². The number of carbonyl (C=O) groups excluding carboxylic acids is 1. The number of thioether (sulfide) groups is 1. The molecular formula is C13H13N3O2S. The molecule has 0 saturated heterocycles. The van der Waals surface area contributed by atoms with Crippen LogP contribution < -0.4 is 5.32 Å². The summed E-state index contributed by atoms with van der Waals surface area (Å²) in [5, 5.41) is 12.0. The van der Waals surface area contributed by atoms with Gasteiger partial charge in [0.1, 0.15) is 0 Å². The Morgan fingerprint density at radius 2 is 2.16 bits per heavy atom. The third-order valence-electron chi connectivity index (χ3n) is 2.27. The quantitative estimate of drug-likeness (QED) is 0.873. The van der Waals surface area contributed by atoms with Gasteiger partial charge in [-0.05, 0) is 23.8 Å². The van der Waals surface area contributed by atoms with Gasteiger partial charge in [0.05, 0.1) is 5.75 Å². The summed E-state index contributed by atoms with van der Waals surface area (Å²) in [6.07, 6.45) is 5.00. The molecule has 0 unspecified atom stereocenters. The van der Waals surface area contributed by atoms with Crippen molar-refractivity contribution in [3.8, 4) is 5.75 Å². The molecule has 0 spiro atoms. The number of hydrogen-bond acceptors (Lipinski definition) is 5. The second-order valence-electron chi connectivity index (χ2n) is 3.77. The molecule has 19 heavy (non-hydrogen) atoms. The van der Waals surface area contributed by atoms with E-state index in [1.807, 2.05) is 12.1 Å². The highest BCUT2D eigenvalue weighted by Gasteiger charge is 2.07. The van der Waals surface area contributed by atoms with Crippen LogP contribution in [0.5, 0.6) is 5.75 Å². The molecule has 6 heteroatoms. The van der Waals surface area contributed by atoms with E-state index in [-0.39, 0.29) is 17.5 Å². The molecule has 0 saturated carbocycles. The number of aromatic hydroxyl groups is 1. The topological polar surface area (TPSA) is 75.1 Å². The minimum atomic E-state index is -0.192. The molecule has 0 aliphatic rings. The Bertz CT molecular complexity index is 549. The number of anilines is 1. The molecule has 0 aliphatic heterocycles. The van der Waals surface area contributed by atoms with Crippen LogP contribution in [0.3, 0.4) is 0 Å². The SMILES string of the molecule is O=C(CSCc1cccnc1)Nc1ncccc1O. The molecule has 2 aromatic heterocycles. The lowest BCUT2D eigenvalue weighted by Gasteiger charge is -2.05. The molecule has 0 atom stereocenters. The van der Waals surface area contributed by atoms with Gasteiger partial charge in [-0.1, -0.05) is 6.07 Å². The average Bonchev–Trinajstić information content (AvgIpc) is 2.43. The van der Waals surface area contributed by atoms with Crippen molar-refractivity contribution < 1.29 is 9.90 Å². The highest BCUT2D eigenvalue weighted by atomic mass is 32.2. The van der Waals surface area contributed by atoms with Gasteiger partial charge < -0.3 is 10.4 Å². The van der Waals surface area contributed by atoms with Gasteiger partial charge in [-0.25, -0.2) is 4.98 Å². The van der Waals surface area contributed by atoms with E-state index in [0.29, 0.717) is 5.75 Å². The van der Waals surface area contributed by atoms with Crippen molar-refractivity contribution in [1.29, 1.82) is 0 Å². The summed E-state index contributed by atoms with van der Waals surface area (Å²) in [5.41, 5.74) is 1.07. The number of hydrogen-bond donors (Lipinski definition) is 2. The Morgan fingerprint density at radius 1 is 1.32 bits per heavy atom. The van der Waals surface area contributed by atoms with E-state index in [2.05, 4.69) is 15.3 Å². The lowest BCUT2D eigenvalue weighted by molar-refractivity contribution is -0.113. The normalized spacial score (nSPS) is 10.1. The molecule has 2 N–H and O–H groups in total. The first-order chi connectivity index (χ1) is 9.25. The van der Waals surface area contributed by atoms with Crippen LogP contribution in [0.1, 0.15) is 5.56 Å². The van der Waals surface area contributed by atoms with Gasteiger partial charge in [0.2, 0.25) is 5.91 Å². The molecule has 2 heterocycles. The Hall–Kier alpha value is -2.08. The van der Waals surface area contributed by atoms with E-state index in [0.717, 1.165) is 11.3 Å². The zero-order valence-electron chi connectivity index (χ0n) is 10.1. The van der Waals surface area contributed by atoms with Crippen molar-refractivity contribution in [2.45, 2.75) is 5.75 Å². The molecule has 5 nitrogen and oxygen atoms in total. The molecular weight excluding hydrogens is 262 g/mol. The minimum absolute atomic E-state index is 0.0342. The van der Waals surface area contributed by atoms with Gasteiger partial charge in [-0.15, -0.1) is 11.8 Å². The largest absolute Gasteiger partial charge is 0.504 e. The summed E-state index contributed by atoms with van der Waals surface area (Å²) in [5.74, 6) is 0.978. The third kappa shape index (κ3) is 4.26. The molecule has 1 amide bonds. The molecule has 0 bridgehead atoms. The zero-order chi connectivity index (χ0) is 13.5. The van der Waals surface area contributed by atoms with Crippen LogP contribution in [0.25, 0.3) is 0 Å². The Balaban J connectivity index is 1.78. The number of nitrogens with one attached hydrogen (secondary N) is 1. The molecule has 0 radical (unpaired) electrons. The fourth-order valence-corrected chi connectivity index (χ4v) is 2.17. The highest BCUT2D eigenvalue weighted by molar-refractivity contribution is 7.99. The molecule has 2 aromatic rings. The zero-order valence-corrected chi connectivity index (χ0v) is 10.9. The van der Waals surface area contributed by atoms with Crippen LogP contribution in [0, 0.1) is 0 Å². The minimum Gasteiger partial charge on any atom is -0.504 e. The van der Waals surface area contributed by atoms with Crippen LogP contribution in [0.15, 0.2) is 42.9 Å². The molecule has 0 fully saturated rings. The lowest BCUT2D eigenvalue weighted by Crippen LogP contribution is -2.15. The van der Waals surface area contributed by atoms with E-state index in [4.69, 9.17) is 0 Å². The average molecular weight is 275 g/mol. The predicted molar refractivity (Wildman–Crippen MR) is 74.9 cm³/mol. The van der Waals surface area contributed by atoms with Crippen LogP contribution in [-0.4, -0.2) is 26.7 Å². The van der Waals surface area contributed by atoms with Crippen molar-refractivity contribution in [2.24, 2.45) is 0 Å². The fraction of sp³-hybridized carbons (Fsp3) is 0.154. The van der Waals surface area contributed by atoms with Crippen LogP contribution in [0.4, 0.5) is 5.82 Å². The van der Waals surface area contributed by atoms with Crippen molar-refractivity contribution in [2.75, 3.05) is 11.1 Å². The van der Waals surface area contributed by atoms with E-state index in [1.54, 1.807) is 18.5 Å². The van der Waals surface area contributed by atoms with Crippen molar-refractivity contribution >= 4 is 23.5 Å². The maximum absolute atomic E-state index is 11.7. The molecule has 2 rings (SSSR count). The summed E-state index contributed by atoms with van der Waals surface area (Å²) in [6, 6.07) is 6.90. The molecule has 98 valence electrons. The van der Waals surface area contributed by atoms with Crippen molar-refractivity contribution in [3.05, 3.63) is 48.4 Å². The second kappa shape index (κ2) is 6.75. The van der Waals surface area contributed by atoms with Gasteiger partial charge >= 0.3 is 0 Å². The maximum Gasteiger partial charge on any atom is 0.235 e. The van der Waals surface area contributed by atoms with Crippen molar-refractivity contribution in [1.82, 2.24) is 9.97 Å². The van der Waals surface area contributed by atoms with E-state index < -0.39 is 0 Å². The third-order valence-corrected chi connectivity index (χ3v) is 3.27. The Morgan fingerprint density at radius 3 is 2.89 bits per heavy atom. The van der Waals surface area contributed by atoms with E-state index in [9.17, 15) is 9.90 Å². The summed E-state index contributed by atoms with van der Waals surface area (Å²) in [6.45, 7) is 0. The van der Waals surface area contributed by atoms with Crippen LogP contribution >= 0.6 is 11.8 Å². The van der Waals surface area contributed by atoms with Gasteiger partial charge in [0.25, 0.3) is 0 Å². The van der Waals surface area contributed by atoms with Crippen LogP contribution in [-0.2, 0) is 10.5 Å². The number of rotatable bonds is 5. The number of carbonyl (C=O) groups is 1. The van der Waals surface area contributed by atoms with Gasteiger partial charge in [0.15, 0.2) is 11.6 Å². The number of pyridine rings is 2. The summed E-state index contributed by atoms with van der Waals surface area (Å²) >= 11 is 1.48. The lowest BCUT2D eigenvalue weighted by atomic mass is 10.3. The first-order valence-corrected chi connectivity index (χ1v) is 6.81. The fourth-order valence-electron chi connectivity index (χ4n) is 1.41. The number of amides is 1. The van der Waals surface area contributed by atoms with Gasteiger partial charge in [-0.3, -0.25) is 9.78 Å². The molecule has 0 aliphatic carbocycles. The number of nitrogens with zero attached hydrogens (tertiary/aromatic N) is 2. The molecule has 0 aromatic carbocycles. The first-order valence-electron chi connectivity index (χ1n) is 5.66. The monoisotopic (exact) mass is 275 g/mol. The smallest absolute Gasteiger partial charge is 0.235 e. The van der Waals surface area contributed by atoms with E-state index >= 15 is 0 Å². The number of aromatic nitrogens is 2. The summed E-state index contributed by atoms with van der Waals surface area (Å²) in [7, 11) is 0. The first kappa shape index (κ1) is 13.4. The highest BCUT2D eigenvalue weighted by Crippen LogP contribution is 2.18. The van der Waals surface area contributed by atoms with Crippen molar-refractivity contribution in [3.63, 3.8) is 0 Å². The maximum atomic E-state index is 11.7. The van der Waals surface area contributed by atoms with Gasteiger partial charge in [0, 0.05) is 24.3 Å². The van der Waals surface area contributed by atoms with Gasteiger partial charge in [-0.2, -0.15) is 0 Å². The second-order valence-corrected chi connectivity index (χ2v) is 4.76. The predicted octanol–water partition coefficient (Wildman–Crippen LogP) is 2.05. The Kier molecular flexibility index (Phi) is 4.74. The Labute approximate surface area is 115 Å². The summed E-state index contributed by atoms with van der Waals surface area (Å²) < 4.78 is 0. The summed E-state index contributed by atoms with van der Waals surface area (Å²) in [4.78, 5) is 19.5. The standard InChI is InChI=1S/C13H13N3O2S/c17-11-4-2-6-15-13(11)16-12(18)9-19-8-10-3-1-5-14-7-10/h1-7,17H,8-9H2,(H,15,16,18).